The summed E-state index contributed by atoms with van der Waals surface area (Å²) < 4.78 is 5.41. The van der Waals surface area contributed by atoms with E-state index in [0.717, 1.165) is 44.5 Å². The van der Waals surface area contributed by atoms with Crippen molar-refractivity contribution in [2.75, 3.05) is 32.4 Å². The van der Waals surface area contributed by atoms with Gasteiger partial charge in [-0.2, -0.15) is 0 Å². The van der Waals surface area contributed by atoms with Crippen molar-refractivity contribution in [3.05, 3.63) is 0 Å². The van der Waals surface area contributed by atoms with E-state index in [9.17, 15) is 9.59 Å². The van der Waals surface area contributed by atoms with E-state index in [-0.39, 0.29) is 17.3 Å². The first-order chi connectivity index (χ1) is 11.6. The van der Waals surface area contributed by atoms with Gasteiger partial charge in [0.15, 0.2) is 0 Å². The van der Waals surface area contributed by atoms with E-state index in [0.29, 0.717) is 12.5 Å². The molecule has 0 aromatic heterocycles. The second-order valence-corrected chi connectivity index (χ2v) is 9.47. The fourth-order valence-corrected chi connectivity index (χ4v) is 4.05. The summed E-state index contributed by atoms with van der Waals surface area (Å²) in [5.41, 5.74) is -0.481. The van der Waals surface area contributed by atoms with Crippen LogP contribution >= 0.6 is 11.8 Å². The van der Waals surface area contributed by atoms with Crippen molar-refractivity contribution in [3.63, 3.8) is 0 Å². The molecule has 0 aromatic rings. The van der Waals surface area contributed by atoms with Gasteiger partial charge in [-0.05, 0) is 58.6 Å². The molecule has 0 bridgehead atoms. The van der Waals surface area contributed by atoms with Crippen LogP contribution in [0.3, 0.4) is 0 Å². The Morgan fingerprint density at radius 3 is 2.64 bits per heavy atom. The molecular weight excluding hydrogens is 336 g/mol. The Morgan fingerprint density at radius 1 is 1.36 bits per heavy atom. The van der Waals surface area contributed by atoms with Crippen LogP contribution in [0.5, 0.6) is 0 Å². The topological polar surface area (TPSA) is 49.9 Å². The molecule has 6 heteroatoms. The van der Waals surface area contributed by atoms with Crippen LogP contribution in [0.1, 0.15) is 60.3 Å². The van der Waals surface area contributed by atoms with Crippen LogP contribution in [-0.4, -0.2) is 65.1 Å². The molecular formula is C19H36N2O3S. The van der Waals surface area contributed by atoms with E-state index < -0.39 is 5.60 Å². The van der Waals surface area contributed by atoms with Crippen molar-refractivity contribution in [1.29, 1.82) is 0 Å². The lowest BCUT2D eigenvalue weighted by atomic mass is 9.97. The molecule has 0 spiro atoms. The molecule has 1 fully saturated rings. The molecule has 1 heterocycles. The number of rotatable bonds is 7. The number of amides is 2. The second-order valence-electron chi connectivity index (χ2n) is 8.02. The molecule has 0 aliphatic carbocycles. The monoisotopic (exact) mass is 372 g/mol. The number of hydrogen-bond donors (Lipinski definition) is 0. The number of hydrogen-bond acceptors (Lipinski definition) is 4. The van der Waals surface area contributed by atoms with Gasteiger partial charge < -0.3 is 14.5 Å². The molecule has 0 N–H and O–H groups in total. The minimum absolute atomic E-state index is 0.0221. The van der Waals surface area contributed by atoms with Gasteiger partial charge in [0.1, 0.15) is 5.60 Å². The normalized spacial score (nSPS) is 19.4. The van der Waals surface area contributed by atoms with Crippen LogP contribution in [-0.2, 0) is 9.53 Å². The van der Waals surface area contributed by atoms with Gasteiger partial charge in [0.25, 0.3) is 0 Å². The molecule has 1 saturated heterocycles. The Labute approximate surface area is 157 Å². The van der Waals surface area contributed by atoms with Crippen LogP contribution in [0.4, 0.5) is 4.79 Å². The maximum absolute atomic E-state index is 12.6. The minimum atomic E-state index is -0.481. The molecule has 25 heavy (non-hydrogen) atoms. The smallest absolute Gasteiger partial charge is 0.410 e. The van der Waals surface area contributed by atoms with E-state index in [1.165, 1.54) is 0 Å². The summed E-state index contributed by atoms with van der Waals surface area (Å²) in [6.45, 7) is 12.0. The molecule has 2 atom stereocenters. The summed E-state index contributed by atoms with van der Waals surface area (Å²) >= 11 is 1.75. The van der Waals surface area contributed by atoms with E-state index in [2.05, 4.69) is 6.92 Å². The maximum atomic E-state index is 12.6. The molecule has 1 aliphatic rings. The molecule has 2 unspecified atom stereocenters. The zero-order chi connectivity index (χ0) is 19.0. The molecule has 1 aliphatic heterocycles. The molecule has 2 amide bonds. The highest BCUT2D eigenvalue weighted by Gasteiger charge is 2.29. The third-order valence-electron chi connectivity index (χ3n) is 4.28. The van der Waals surface area contributed by atoms with Gasteiger partial charge in [-0.15, -0.1) is 11.8 Å². The molecule has 5 nitrogen and oxygen atoms in total. The summed E-state index contributed by atoms with van der Waals surface area (Å²) in [5.74, 6) is 1.61. The lowest BCUT2D eigenvalue weighted by molar-refractivity contribution is -0.132. The third-order valence-corrected chi connectivity index (χ3v) is 5.51. The van der Waals surface area contributed by atoms with Crippen LogP contribution < -0.4 is 0 Å². The SMILES string of the molecule is CCCCSC(C)C(=O)N1CCCC(CN(C)C(=O)OC(C)(C)C)C1. The Balaban J connectivity index is 2.48. The first-order valence-corrected chi connectivity index (χ1v) is 10.5. The summed E-state index contributed by atoms with van der Waals surface area (Å²) in [5, 5.41) is 0.0221. The van der Waals surface area contributed by atoms with E-state index >= 15 is 0 Å². The predicted octanol–water partition coefficient (Wildman–Crippen LogP) is 4.01. The Kier molecular flexibility index (Phi) is 9.11. The Bertz CT molecular complexity index is 437. The number of thioether (sulfide) groups is 1. The summed E-state index contributed by atoms with van der Waals surface area (Å²) in [7, 11) is 1.78. The highest BCUT2D eigenvalue weighted by Crippen LogP contribution is 2.22. The van der Waals surface area contributed by atoms with Gasteiger partial charge >= 0.3 is 6.09 Å². The molecule has 0 aromatic carbocycles. The lowest BCUT2D eigenvalue weighted by Crippen LogP contribution is -2.47. The zero-order valence-corrected chi connectivity index (χ0v) is 17.7. The van der Waals surface area contributed by atoms with E-state index in [4.69, 9.17) is 4.74 Å². The Morgan fingerprint density at radius 2 is 2.04 bits per heavy atom. The van der Waals surface area contributed by atoms with Crippen LogP contribution in [0.2, 0.25) is 0 Å². The summed E-state index contributed by atoms with van der Waals surface area (Å²) in [6, 6.07) is 0. The van der Waals surface area contributed by atoms with Gasteiger partial charge in [0.2, 0.25) is 5.91 Å². The molecule has 0 radical (unpaired) electrons. The molecule has 0 saturated carbocycles. The predicted molar refractivity (Wildman–Crippen MR) is 105 cm³/mol. The fourth-order valence-electron chi connectivity index (χ4n) is 2.95. The van der Waals surface area contributed by atoms with Crippen molar-refractivity contribution in [1.82, 2.24) is 9.80 Å². The first kappa shape index (κ1) is 22.1. The van der Waals surface area contributed by atoms with Gasteiger partial charge in [-0.1, -0.05) is 13.3 Å². The van der Waals surface area contributed by atoms with Crippen molar-refractivity contribution in [3.8, 4) is 0 Å². The first-order valence-electron chi connectivity index (χ1n) is 9.48. The van der Waals surface area contributed by atoms with Gasteiger partial charge in [0, 0.05) is 26.7 Å². The second kappa shape index (κ2) is 10.3. The number of ether oxygens (including phenoxy) is 1. The number of nitrogens with zero attached hydrogens (tertiary/aromatic N) is 2. The van der Waals surface area contributed by atoms with Gasteiger partial charge in [-0.25, -0.2) is 4.79 Å². The summed E-state index contributed by atoms with van der Waals surface area (Å²) in [4.78, 5) is 28.4. The molecule has 1 rings (SSSR count). The third kappa shape index (κ3) is 8.34. The standard InChI is InChI=1S/C19H36N2O3S/c1-7-8-12-25-15(2)17(22)21-11-9-10-16(14-21)13-20(6)18(23)24-19(3,4)5/h15-16H,7-14H2,1-6H3. The largest absolute Gasteiger partial charge is 0.444 e. The quantitative estimate of drug-likeness (QED) is 0.634. The number of piperidine rings is 1. The van der Waals surface area contributed by atoms with Crippen molar-refractivity contribution >= 4 is 23.8 Å². The van der Waals surface area contributed by atoms with Gasteiger partial charge in [-0.3, -0.25) is 4.79 Å². The zero-order valence-electron chi connectivity index (χ0n) is 16.8. The average molecular weight is 373 g/mol. The lowest BCUT2D eigenvalue weighted by Gasteiger charge is -2.36. The highest BCUT2D eigenvalue weighted by molar-refractivity contribution is 8.00. The Hall–Kier alpha value is -0.910. The van der Waals surface area contributed by atoms with E-state index in [1.54, 1.807) is 23.7 Å². The minimum Gasteiger partial charge on any atom is -0.444 e. The fraction of sp³-hybridized carbons (Fsp3) is 0.895. The van der Waals surface area contributed by atoms with Crippen molar-refractivity contribution < 1.29 is 14.3 Å². The number of carbonyl (C=O) groups is 2. The van der Waals surface area contributed by atoms with E-state index in [1.807, 2.05) is 32.6 Å². The van der Waals surface area contributed by atoms with Crippen LogP contribution in [0.15, 0.2) is 0 Å². The van der Waals surface area contributed by atoms with Crippen molar-refractivity contribution in [2.24, 2.45) is 5.92 Å². The molecule has 146 valence electrons. The average Bonchev–Trinajstić information content (AvgIpc) is 2.52. The van der Waals surface area contributed by atoms with Crippen LogP contribution in [0, 0.1) is 5.92 Å². The number of unbranched alkanes of at least 4 members (excludes halogenated alkanes) is 1. The number of likely N-dealkylation sites (tertiary alicyclic amines) is 1. The van der Waals surface area contributed by atoms with Gasteiger partial charge in [0.05, 0.1) is 5.25 Å². The number of carbonyl (C=O) groups excluding carboxylic acids is 2. The summed E-state index contributed by atoms with van der Waals surface area (Å²) in [6.07, 6.45) is 4.08. The highest BCUT2D eigenvalue weighted by atomic mass is 32.2. The van der Waals surface area contributed by atoms with Crippen LogP contribution in [0.25, 0.3) is 0 Å². The van der Waals surface area contributed by atoms with Crippen molar-refractivity contribution in [2.45, 2.75) is 71.2 Å². The maximum Gasteiger partial charge on any atom is 0.410 e.